The molecule has 1 aromatic rings. The standard InChI is InChI=1S/C50H89N3O8/c1-5-7-9-11-13-15-17-18-19-21-23-25-27-32-36-53(44(55)35-31-26-24-22-20-16-14-12-10-8-6-2)49-45(47(57)46(56)43(38-54)61-49)52-48(58)42(37-40(3)4)51-50(59)60-39-41-33-29-28-30-34-41/h28-30,33-34,40,42-43,45-47,49,54,56-57H,5-27,31-32,35-39H2,1-4H3,(H,51,59)(H,52,58)/t42-,43+,45+,46+,47+,49+/m0/s1. The van der Waals surface area contributed by atoms with Crippen LogP contribution in [-0.4, -0.2) is 87.9 Å². The van der Waals surface area contributed by atoms with Gasteiger partial charge in [0.2, 0.25) is 11.8 Å². The Morgan fingerprint density at radius 2 is 1.16 bits per heavy atom. The van der Waals surface area contributed by atoms with Crippen molar-refractivity contribution in [1.29, 1.82) is 0 Å². The number of aliphatic hydroxyl groups is 3. The minimum absolute atomic E-state index is 0.0158. The summed E-state index contributed by atoms with van der Waals surface area (Å²) in [6, 6.07) is 7.01. The lowest BCUT2D eigenvalue weighted by Gasteiger charge is -2.47. The van der Waals surface area contributed by atoms with Crippen LogP contribution in [0.5, 0.6) is 0 Å². The molecule has 0 unspecified atom stereocenters. The van der Waals surface area contributed by atoms with Crippen LogP contribution in [0.1, 0.15) is 207 Å². The molecular weight excluding hydrogens is 771 g/mol. The molecular formula is C50H89N3O8. The van der Waals surface area contributed by atoms with Crippen LogP contribution < -0.4 is 10.6 Å². The van der Waals surface area contributed by atoms with Crippen molar-refractivity contribution >= 4 is 17.9 Å². The van der Waals surface area contributed by atoms with E-state index in [1.54, 1.807) is 4.90 Å². The van der Waals surface area contributed by atoms with Crippen LogP contribution in [0.25, 0.3) is 0 Å². The number of unbranched alkanes of at least 4 members (excludes halogenated alkanes) is 23. The molecule has 0 aliphatic carbocycles. The molecule has 0 radical (unpaired) electrons. The van der Waals surface area contributed by atoms with E-state index < -0.39 is 55.2 Å². The smallest absolute Gasteiger partial charge is 0.408 e. The van der Waals surface area contributed by atoms with Crippen molar-refractivity contribution in [2.24, 2.45) is 5.92 Å². The lowest BCUT2D eigenvalue weighted by molar-refractivity contribution is -0.231. The van der Waals surface area contributed by atoms with Crippen LogP contribution in [0.3, 0.4) is 0 Å². The molecule has 61 heavy (non-hydrogen) atoms. The van der Waals surface area contributed by atoms with Gasteiger partial charge in [0.05, 0.1) is 6.61 Å². The number of nitrogens with zero attached hydrogens (tertiary/aromatic N) is 1. The first-order valence-electron chi connectivity index (χ1n) is 24.8. The van der Waals surface area contributed by atoms with Crippen LogP contribution in [0.4, 0.5) is 4.79 Å². The van der Waals surface area contributed by atoms with E-state index in [0.29, 0.717) is 19.4 Å². The second kappa shape index (κ2) is 34.7. The van der Waals surface area contributed by atoms with Crippen molar-refractivity contribution in [1.82, 2.24) is 15.5 Å². The molecule has 1 aromatic carbocycles. The third-order valence-corrected chi connectivity index (χ3v) is 12.1. The van der Waals surface area contributed by atoms with Crippen molar-refractivity contribution in [3.63, 3.8) is 0 Å². The Morgan fingerprint density at radius 1 is 0.689 bits per heavy atom. The first kappa shape index (κ1) is 54.4. The minimum Gasteiger partial charge on any atom is -0.445 e. The van der Waals surface area contributed by atoms with Gasteiger partial charge in [-0.2, -0.15) is 0 Å². The van der Waals surface area contributed by atoms with Crippen LogP contribution in [0.2, 0.25) is 0 Å². The summed E-state index contributed by atoms with van der Waals surface area (Å²) in [7, 11) is 0. The quantitative estimate of drug-likeness (QED) is 0.0418. The molecule has 3 amide bonds. The Bertz CT molecular complexity index is 1250. The summed E-state index contributed by atoms with van der Waals surface area (Å²) in [6.07, 6.45) is 24.2. The Hall–Kier alpha value is -2.73. The second-order valence-electron chi connectivity index (χ2n) is 18.1. The Kier molecular flexibility index (Phi) is 31.0. The largest absolute Gasteiger partial charge is 0.445 e. The predicted molar refractivity (Wildman–Crippen MR) is 246 cm³/mol. The highest BCUT2D eigenvalue weighted by molar-refractivity contribution is 5.86. The van der Waals surface area contributed by atoms with Gasteiger partial charge in [-0.05, 0) is 30.7 Å². The van der Waals surface area contributed by atoms with Crippen LogP contribution in [0.15, 0.2) is 30.3 Å². The Labute approximate surface area is 370 Å². The molecule has 11 heteroatoms. The number of alkyl carbamates (subject to hydrolysis) is 1. The fourth-order valence-electron chi connectivity index (χ4n) is 8.35. The molecule has 0 bridgehead atoms. The number of aliphatic hydroxyl groups excluding tert-OH is 3. The van der Waals surface area contributed by atoms with Crippen LogP contribution in [-0.2, 0) is 25.7 Å². The van der Waals surface area contributed by atoms with E-state index in [1.165, 1.54) is 109 Å². The summed E-state index contributed by atoms with van der Waals surface area (Å²) in [6.45, 7) is 8.17. The fraction of sp³-hybridized carbons (Fsp3) is 0.820. The van der Waals surface area contributed by atoms with Gasteiger partial charge >= 0.3 is 6.09 Å². The maximum absolute atomic E-state index is 14.1. The summed E-state index contributed by atoms with van der Waals surface area (Å²) < 4.78 is 11.7. The molecule has 5 N–H and O–H groups in total. The monoisotopic (exact) mass is 860 g/mol. The lowest BCUT2D eigenvalue weighted by atomic mass is 9.94. The maximum atomic E-state index is 14.1. The molecule has 1 saturated heterocycles. The van der Waals surface area contributed by atoms with Crippen LogP contribution >= 0.6 is 0 Å². The first-order chi connectivity index (χ1) is 29.6. The topological polar surface area (TPSA) is 158 Å². The van der Waals surface area contributed by atoms with E-state index in [0.717, 1.165) is 50.5 Å². The number of hydrogen-bond donors (Lipinski definition) is 5. The molecule has 352 valence electrons. The molecule has 1 aliphatic heterocycles. The molecule has 0 aromatic heterocycles. The van der Waals surface area contributed by atoms with E-state index in [-0.39, 0.29) is 24.9 Å². The first-order valence-corrected chi connectivity index (χ1v) is 24.8. The SMILES string of the molecule is CCCCCCCCCCCCCCCCN(C(=O)CCCCCCCCCCCCC)[C@@H]1O[C@H](CO)[C@@H](O)[C@H](O)[C@H]1NC(=O)[C@H](CC(C)C)NC(=O)OCc1ccccc1. The number of hydrogen-bond acceptors (Lipinski definition) is 8. The minimum atomic E-state index is -1.54. The normalized spacial score (nSPS) is 19.4. The molecule has 11 nitrogen and oxygen atoms in total. The van der Waals surface area contributed by atoms with E-state index in [4.69, 9.17) is 9.47 Å². The van der Waals surface area contributed by atoms with Crippen molar-refractivity contribution in [3.05, 3.63) is 35.9 Å². The Morgan fingerprint density at radius 3 is 1.64 bits per heavy atom. The van der Waals surface area contributed by atoms with E-state index >= 15 is 0 Å². The van der Waals surface area contributed by atoms with Gasteiger partial charge < -0.3 is 40.3 Å². The van der Waals surface area contributed by atoms with Crippen molar-refractivity contribution in [2.45, 2.75) is 244 Å². The van der Waals surface area contributed by atoms with Crippen molar-refractivity contribution in [3.8, 4) is 0 Å². The van der Waals surface area contributed by atoms with Gasteiger partial charge in [-0.25, -0.2) is 4.79 Å². The molecule has 1 heterocycles. The van der Waals surface area contributed by atoms with Gasteiger partial charge in [0, 0.05) is 13.0 Å². The summed E-state index contributed by atoms with van der Waals surface area (Å²) in [4.78, 5) is 42.7. The van der Waals surface area contributed by atoms with E-state index in [1.807, 2.05) is 44.2 Å². The van der Waals surface area contributed by atoms with E-state index in [2.05, 4.69) is 24.5 Å². The molecule has 2 rings (SSSR count). The average Bonchev–Trinajstić information content (AvgIpc) is 3.25. The summed E-state index contributed by atoms with van der Waals surface area (Å²) in [5.41, 5.74) is 0.803. The number of carbonyl (C=O) groups is 3. The summed E-state index contributed by atoms with van der Waals surface area (Å²) >= 11 is 0. The number of nitrogens with one attached hydrogen (secondary N) is 2. The number of rotatable bonds is 36. The zero-order chi connectivity index (χ0) is 44.5. The van der Waals surface area contributed by atoms with Crippen molar-refractivity contribution < 1.29 is 39.2 Å². The average molecular weight is 860 g/mol. The maximum Gasteiger partial charge on any atom is 0.408 e. The molecule has 0 saturated carbocycles. The predicted octanol–water partition coefficient (Wildman–Crippen LogP) is 10.3. The second-order valence-corrected chi connectivity index (χ2v) is 18.1. The number of benzene rings is 1. The lowest BCUT2D eigenvalue weighted by Crippen LogP contribution is -2.70. The summed E-state index contributed by atoms with van der Waals surface area (Å²) in [5.74, 6) is -0.717. The van der Waals surface area contributed by atoms with Crippen LogP contribution in [0, 0.1) is 5.92 Å². The Balaban J connectivity index is 2.09. The van der Waals surface area contributed by atoms with E-state index in [9.17, 15) is 29.7 Å². The third-order valence-electron chi connectivity index (χ3n) is 12.1. The van der Waals surface area contributed by atoms with Gasteiger partial charge in [0.15, 0.2) is 6.23 Å². The number of carbonyl (C=O) groups excluding carboxylic acids is 3. The highest BCUT2D eigenvalue weighted by Crippen LogP contribution is 2.26. The molecule has 1 fully saturated rings. The highest BCUT2D eigenvalue weighted by atomic mass is 16.6. The van der Waals surface area contributed by atoms with Gasteiger partial charge in [0.25, 0.3) is 0 Å². The van der Waals surface area contributed by atoms with Gasteiger partial charge in [-0.15, -0.1) is 0 Å². The molecule has 1 aliphatic rings. The number of ether oxygens (including phenoxy) is 2. The zero-order valence-electron chi connectivity index (χ0n) is 39.0. The fourth-order valence-corrected chi connectivity index (χ4v) is 8.35. The number of amides is 3. The highest BCUT2D eigenvalue weighted by Gasteiger charge is 2.48. The molecule has 6 atom stereocenters. The summed E-state index contributed by atoms with van der Waals surface area (Å²) in [5, 5.41) is 38.2. The third kappa shape index (κ3) is 24.1. The van der Waals surface area contributed by atoms with Crippen molar-refractivity contribution in [2.75, 3.05) is 13.2 Å². The van der Waals surface area contributed by atoms with Gasteiger partial charge in [-0.3, -0.25) is 9.59 Å². The van der Waals surface area contributed by atoms with Gasteiger partial charge in [0.1, 0.15) is 37.0 Å². The molecule has 0 spiro atoms. The zero-order valence-corrected chi connectivity index (χ0v) is 39.0. The van der Waals surface area contributed by atoms with Gasteiger partial charge in [-0.1, -0.05) is 206 Å².